The van der Waals surface area contributed by atoms with Crippen molar-refractivity contribution in [1.82, 2.24) is 14.9 Å². The lowest BCUT2D eigenvalue weighted by molar-refractivity contribution is 0.329. The Labute approximate surface area is 166 Å². The zero-order chi connectivity index (χ0) is 19.6. The van der Waals surface area contributed by atoms with Gasteiger partial charge < -0.3 is 9.84 Å². The third kappa shape index (κ3) is 4.22. The highest BCUT2D eigenvalue weighted by Crippen LogP contribution is 2.52. The molecule has 28 heavy (non-hydrogen) atoms. The number of sulfonamides is 1. The Balaban J connectivity index is 1.30. The van der Waals surface area contributed by atoms with Crippen molar-refractivity contribution in [3.05, 3.63) is 41.7 Å². The van der Waals surface area contributed by atoms with Crippen molar-refractivity contribution in [3.8, 4) is 0 Å². The molecule has 1 aromatic heterocycles. The van der Waals surface area contributed by atoms with Crippen LogP contribution in [0.4, 0.5) is 6.01 Å². The van der Waals surface area contributed by atoms with Gasteiger partial charge in [-0.1, -0.05) is 35.5 Å². The zero-order valence-electron chi connectivity index (χ0n) is 16.2. The van der Waals surface area contributed by atoms with E-state index in [0.717, 1.165) is 44.3 Å². The molecule has 152 valence electrons. The van der Waals surface area contributed by atoms with E-state index in [1.807, 2.05) is 18.2 Å². The summed E-state index contributed by atoms with van der Waals surface area (Å²) in [6.45, 7) is 2.19. The Bertz CT molecular complexity index is 885. The van der Waals surface area contributed by atoms with Gasteiger partial charge in [0.2, 0.25) is 10.0 Å². The van der Waals surface area contributed by atoms with Gasteiger partial charge in [0.1, 0.15) is 0 Å². The molecule has 0 bridgehead atoms. The second-order valence-corrected chi connectivity index (χ2v) is 10.1. The van der Waals surface area contributed by atoms with Crippen LogP contribution in [0.5, 0.6) is 0 Å². The molecule has 4 rings (SSSR count). The second kappa shape index (κ2) is 7.83. The number of nitrogens with one attached hydrogen (secondary N) is 2. The Hall–Kier alpha value is -1.93. The number of aromatic nitrogens is 2. The van der Waals surface area contributed by atoms with Crippen molar-refractivity contribution >= 4 is 16.0 Å². The summed E-state index contributed by atoms with van der Waals surface area (Å²) in [4.78, 5) is 4.63. The lowest BCUT2D eigenvalue weighted by atomic mass is 9.86. The third-order valence-electron chi connectivity index (χ3n) is 6.08. The van der Waals surface area contributed by atoms with Crippen molar-refractivity contribution in [1.29, 1.82) is 0 Å². The molecule has 8 heteroatoms. The van der Waals surface area contributed by atoms with Crippen LogP contribution in [0.25, 0.3) is 0 Å². The van der Waals surface area contributed by atoms with Crippen LogP contribution in [0.15, 0.2) is 34.9 Å². The first kappa shape index (κ1) is 19.4. The van der Waals surface area contributed by atoms with Crippen LogP contribution in [0.2, 0.25) is 0 Å². The van der Waals surface area contributed by atoms with Gasteiger partial charge in [-0.15, -0.1) is 0 Å². The van der Waals surface area contributed by atoms with E-state index in [1.54, 1.807) is 6.92 Å². The quantitative estimate of drug-likeness (QED) is 0.702. The van der Waals surface area contributed by atoms with Gasteiger partial charge in [-0.25, -0.2) is 13.1 Å². The highest BCUT2D eigenvalue weighted by atomic mass is 32.2. The Morgan fingerprint density at radius 2 is 1.86 bits per heavy atom. The maximum Gasteiger partial charge on any atom is 0.321 e. The fourth-order valence-corrected chi connectivity index (χ4v) is 4.73. The average Bonchev–Trinajstić information content (AvgIpc) is 3.41. The van der Waals surface area contributed by atoms with Gasteiger partial charge in [0.05, 0.1) is 11.2 Å². The van der Waals surface area contributed by atoms with Crippen LogP contribution < -0.4 is 10.0 Å². The van der Waals surface area contributed by atoms with E-state index >= 15 is 0 Å². The minimum Gasteiger partial charge on any atom is -0.335 e. The van der Waals surface area contributed by atoms with Gasteiger partial charge in [-0.2, -0.15) is 4.98 Å². The lowest BCUT2D eigenvalue weighted by Gasteiger charge is -2.28. The Morgan fingerprint density at radius 3 is 2.50 bits per heavy atom. The first-order chi connectivity index (χ1) is 13.5. The minimum absolute atomic E-state index is 0.0845. The van der Waals surface area contributed by atoms with Crippen molar-refractivity contribution in [2.45, 2.75) is 56.9 Å². The molecule has 2 aromatic rings. The molecular weight excluding hydrogens is 376 g/mol. The summed E-state index contributed by atoms with van der Waals surface area (Å²) >= 11 is 0. The smallest absolute Gasteiger partial charge is 0.321 e. The van der Waals surface area contributed by atoms with Crippen LogP contribution in [-0.2, 0) is 15.4 Å². The Kier molecular flexibility index (Phi) is 5.42. The molecule has 0 radical (unpaired) electrons. The molecule has 0 unspecified atom stereocenters. The number of rotatable bonds is 8. The molecule has 2 aliphatic carbocycles. The van der Waals surface area contributed by atoms with Crippen LogP contribution >= 0.6 is 0 Å². The van der Waals surface area contributed by atoms with E-state index in [0.29, 0.717) is 24.5 Å². The minimum atomic E-state index is -3.11. The molecule has 2 fully saturated rings. The fourth-order valence-electron chi connectivity index (χ4n) is 4.03. The van der Waals surface area contributed by atoms with Crippen LogP contribution in [-0.4, -0.2) is 36.9 Å². The highest BCUT2D eigenvalue weighted by Gasteiger charge is 2.50. The van der Waals surface area contributed by atoms with Crippen molar-refractivity contribution in [2.24, 2.45) is 5.92 Å². The van der Waals surface area contributed by atoms with E-state index in [9.17, 15) is 8.42 Å². The molecule has 2 N–H and O–H groups in total. The molecular formula is C20H28N4O3S. The zero-order valence-corrected chi connectivity index (χ0v) is 17.0. The van der Waals surface area contributed by atoms with E-state index in [4.69, 9.17) is 4.52 Å². The maximum atomic E-state index is 11.6. The highest BCUT2D eigenvalue weighted by molar-refractivity contribution is 7.89. The molecule has 2 saturated carbocycles. The molecule has 2 aliphatic rings. The molecule has 0 spiro atoms. The molecule has 0 atom stereocenters. The third-order valence-corrected chi connectivity index (χ3v) is 7.44. The number of hydrogen-bond acceptors (Lipinski definition) is 6. The normalized spacial score (nSPS) is 24.0. The summed E-state index contributed by atoms with van der Waals surface area (Å²) < 4.78 is 31.4. The van der Waals surface area contributed by atoms with Gasteiger partial charge >= 0.3 is 6.01 Å². The molecule has 0 aliphatic heterocycles. The van der Waals surface area contributed by atoms with Crippen LogP contribution in [0.1, 0.15) is 56.8 Å². The summed E-state index contributed by atoms with van der Waals surface area (Å²) in [7, 11) is -3.11. The first-order valence-electron chi connectivity index (χ1n) is 10.1. The molecule has 7 nitrogen and oxygen atoms in total. The summed E-state index contributed by atoms with van der Waals surface area (Å²) in [5, 5.41) is 7.63. The van der Waals surface area contributed by atoms with E-state index in [-0.39, 0.29) is 11.2 Å². The molecule has 1 aromatic carbocycles. The lowest BCUT2D eigenvalue weighted by Crippen LogP contribution is -2.34. The predicted octanol–water partition coefficient (Wildman–Crippen LogP) is 3.06. The summed E-state index contributed by atoms with van der Waals surface area (Å²) in [6.07, 6.45) is 6.02. The van der Waals surface area contributed by atoms with Crippen molar-refractivity contribution < 1.29 is 12.9 Å². The van der Waals surface area contributed by atoms with Gasteiger partial charge in [0.25, 0.3) is 0 Å². The SMILES string of the molecule is CCS(=O)(=O)NCC1CCC(Nc2nc(C3(c4ccccc4)CC3)no2)CC1. The molecule has 0 amide bonds. The summed E-state index contributed by atoms with van der Waals surface area (Å²) in [6, 6.07) is 11.2. The number of benzene rings is 1. The molecule has 0 saturated heterocycles. The van der Waals surface area contributed by atoms with Crippen molar-refractivity contribution in [2.75, 3.05) is 17.6 Å². The summed E-state index contributed by atoms with van der Waals surface area (Å²) in [5.41, 5.74) is 1.16. The van der Waals surface area contributed by atoms with Gasteiger partial charge in [-0.05, 0) is 56.9 Å². The average molecular weight is 405 g/mol. The van der Waals surface area contributed by atoms with Crippen molar-refractivity contribution in [3.63, 3.8) is 0 Å². The Morgan fingerprint density at radius 1 is 1.14 bits per heavy atom. The van der Waals surface area contributed by atoms with Crippen LogP contribution in [0.3, 0.4) is 0 Å². The largest absolute Gasteiger partial charge is 0.335 e. The van der Waals surface area contributed by atoms with Gasteiger partial charge in [0, 0.05) is 12.6 Å². The van der Waals surface area contributed by atoms with E-state index in [2.05, 4.69) is 32.3 Å². The maximum absolute atomic E-state index is 11.6. The van der Waals surface area contributed by atoms with Gasteiger partial charge in [0.15, 0.2) is 5.82 Å². The van der Waals surface area contributed by atoms with E-state index < -0.39 is 10.0 Å². The summed E-state index contributed by atoms with van der Waals surface area (Å²) in [5.74, 6) is 1.29. The topological polar surface area (TPSA) is 97.1 Å². The standard InChI is InChI=1S/C20H28N4O3S/c1-2-28(25,26)21-14-15-8-10-17(11-9-15)22-19-23-18(24-27-19)20(12-13-20)16-6-4-3-5-7-16/h3-7,15,17,21H,2,8-14H2,1H3,(H,22,23,24). The molecule has 1 heterocycles. The van der Waals surface area contributed by atoms with Gasteiger partial charge in [-0.3, -0.25) is 0 Å². The van der Waals surface area contributed by atoms with E-state index in [1.165, 1.54) is 5.56 Å². The fraction of sp³-hybridized carbons (Fsp3) is 0.600. The number of hydrogen-bond donors (Lipinski definition) is 2. The number of nitrogens with zero attached hydrogens (tertiary/aromatic N) is 2. The second-order valence-electron chi connectivity index (χ2n) is 7.99. The predicted molar refractivity (Wildman–Crippen MR) is 108 cm³/mol. The first-order valence-corrected chi connectivity index (χ1v) is 11.8. The number of anilines is 1. The van der Waals surface area contributed by atoms with Crippen LogP contribution in [0, 0.1) is 5.92 Å². The monoisotopic (exact) mass is 404 g/mol.